The molecule has 9 N–H and O–H groups in total. The first-order valence-electron chi connectivity index (χ1n) is 33.3. The van der Waals surface area contributed by atoms with Gasteiger partial charge in [0.2, 0.25) is 5.91 Å². The van der Waals surface area contributed by atoms with Crippen LogP contribution in [0.25, 0.3) is 0 Å². The lowest BCUT2D eigenvalue weighted by Gasteiger charge is -2.46. The van der Waals surface area contributed by atoms with E-state index >= 15 is 0 Å². The highest BCUT2D eigenvalue weighted by molar-refractivity contribution is 5.76. The molecule has 2 rings (SSSR count). The van der Waals surface area contributed by atoms with Crippen LogP contribution >= 0.6 is 0 Å². The summed E-state index contributed by atoms with van der Waals surface area (Å²) in [6.45, 7) is 2.67. The van der Waals surface area contributed by atoms with E-state index in [0.29, 0.717) is 12.8 Å². The van der Waals surface area contributed by atoms with Crippen LogP contribution in [-0.4, -0.2) is 140 Å². The molecular formula is C69H121NO13. The normalized spacial score (nSPS) is 24.4. The number of nitrogens with one attached hydrogen (secondary N) is 1. The fraction of sp³-hybridized carbons (Fsp3) is 0.783. The van der Waals surface area contributed by atoms with E-state index in [4.69, 9.17) is 18.9 Å². The molecule has 2 heterocycles. The van der Waals surface area contributed by atoms with Crippen molar-refractivity contribution in [2.45, 2.75) is 325 Å². The van der Waals surface area contributed by atoms with Gasteiger partial charge >= 0.3 is 0 Å². The van der Waals surface area contributed by atoms with Gasteiger partial charge < -0.3 is 65.1 Å². The van der Waals surface area contributed by atoms with Gasteiger partial charge in [-0.3, -0.25) is 4.79 Å². The van der Waals surface area contributed by atoms with Crippen molar-refractivity contribution in [3.8, 4) is 0 Å². The lowest BCUT2D eigenvalue weighted by molar-refractivity contribution is -0.359. The van der Waals surface area contributed by atoms with Gasteiger partial charge in [0.25, 0.3) is 0 Å². The molecule has 12 unspecified atom stereocenters. The van der Waals surface area contributed by atoms with E-state index in [2.05, 4.69) is 92.1 Å². The second-order valence-electron chi connectivity index (χ2n) is 23.2. The molecule has 0 aromatic heterocycles. The number of aliphatic hydroxyl groups is 8. The SMILES string of the molecule is CC/C=C\C/C=C\C/C=C\C/C=C\CCCCCCCCCCC(=O)NC(COC1OC(CO)C(OC2OC(CO)C(O)C(O)C2O)C(O)C1O)C(O)/C=C/CC/C=C/CC/C=C/CCCCCCCCCCCCCCCCCCCC. The number of carbonyl (C=O) groups is 1. The maximum absolute atomic E-state index is 13.3. The zero-order valence-corrected chi connectivity index (χ0v) is 51.9. The first kappa shape index (κ1) is 76.3. The van der Waals surface area contributed by atoms with E-state index in [9.17, 15) is 45.6 Å². The highest BCUT2D eigenvalue weighted by atomic mass is 16.7. The molecule has 14 nitrogen and oxygen atoms in total. The Balaban J connectivity index is 1.74. The maximum atomic E-state index is 13.3. The molecule has 2 aliphatic heterocycles. The summed E-state index contributed by atoms with van der Waals surface area (Å²) in [7, 11) is 0. The van der Waals surface area contributed by atoms with E-state index < -0.39 is 86.8 Å². The molecule has 1 amide bonds. The molecule has 83 heavy (non-hydrogen) atoms. The Bertz CT molecular complexity index is 1710. The van der Waals surface area contributed by atoms with Gasteiger partial charge in [-0.1, -0.05) is 247 Å². The van der Waals surface area contributed by atoms with E-state index in [1.807, 2.05) is 6.08 Å². The van der Waals surface area contributed by atoms with Gasteiger partial charge in [-0.25, -0.2) is 0 Å². The standard InChI is InChI=1S/C69H121NO13/c1-3-5-7-9-11-13-15-17-19-21-23-25-26-27-28-29-30-31-33-34-36-38-40-42-44-46-48-50-52-58(73)57(56-80-68-66(79)64(77)67(60(55-72)82-68)83-69-65(78)63(76)62(75)59(54-71)81-69)70-61(74)53-51-49-47-45-43-41-39-37-35-32-24-22-20-18-16-14-12-10-8-6-4-2/h6,8,12,14,18,20,24,32,34,36,42,44,50,52,57-60,62-69,71-73,75-79H,3-5,7,9-11,13,15-17,19,21-23,25-31,33,35,37-41,43,45-49,51,53-56H2,1-2H3,(H,70,74)/b8-6-,14-12-,20-18-,32-24-,36-34+,44-42+,52-50+. The Hall–Kier alpha value is -2.83. The summed E-state index contributed by atoms with van der Waals surface area (Å²) in [4.78, 5) is 13.3. The van der Waals surface area contributed by atoms with Gasteiger partial charge in [-0.05, 0) is 83.5 Å². The molecular weight excluding hydrogens is 1050 g/mol. The summed E-state index contributed by atoms with van der Waals surface area (Å²) in [5.74, 6) is -0.263. The Morgan fingerprint density at radius 3 is 1.33 bits per heavy atom. The van der Waals surface area contributed by atoms with Gasteiger partial charge in [0.1, 0.15) is 48.8 Å². The molecule has 2 saturated heterocycles. The van der Waals surface area contributed by atoms with Crippen molar-refractivity contribution in [2.75, 3.05) is 19.8 Å². The molecule has 2 fully saturated rings. The number of unbranched alkanes of at least 4 members (excludes halogenated alkanes) is 28. The van der Waals surface area contributed by atoms with E-state index in [1.54, 1.807) is 6.08 Å². The summed E-state index contributed by atoms with van der Waals surface area (Å²) in [5.41, 5.74) is 0. The Morgan fingerprint density at radius 1 is 0.446 bits per heavy atom. The number of hydrogen-bond donors (Lipinski definition) is 9. The van der Waals surface area contributed by atoms with Crippen LogP contribution in [0.1, 0.15) is 251 Å². The highest BCUT2D eigenvalue weighted by Gasteiger charge is 2.51. The van der Waals surface area contributed by atoms with Crippen LogP contribution < -0.4 is 5.32 Å². The number of amides is 1. The van der Waals surface area contributed by atoms with Gasteiger partial charge in [-0.2, -0.15) is 0 Å². The zero-order chi connectivity index (χ0) is 60.2. The third-order valence-electron chi connectivity index (χ3n) is 15.8. The molecule has 2 aliphatic rings. The largest absolute Gasteiger partial charge is 0.394 e. The summed E-state index contributed by atoms with van der Waals surface area (Å²) in [5, 5.41) is 87.3. The van der Waals surface area contributed by atoms with Gasteiger partial charge in [0, 0.05) is 6.42 Å². The topological polar surface area (TPSA) is 228 Å². The first-order chi connectivity index (χ1) is 40.6. The van der Waals surface area contributed by atoms with Crippen molar-refractivity contribution >= 4 is 5.91 Å². The van der Waals surface area contributed by atoms with Crippen molar-refractivity contribution in [1.29, 1.82) is 0 Å². The number of ether oxygens (including phenoxy) is 4. The molecule has 0 aromatic rings. The van der Waals surface area contributed by atoms with Crippen molar-refractivity contribution < 1.29 is 64.6 Å². The third-order valence-corrected chi connectivity index (χ3v) is 15.8. The average molecular weight is 1170 g/mol. The van der Waals surface area contributed by atoms with Gasteiger partial charge in [-0.15, -0.1) is 0 Å². The Kier molecular flexibility index (Phi) is 49.1. The number of allylic oxidation sites excluding steroid dienone is 13. The van der Waals surface area contributed by atoms with Crippen molar-refractivity contribution in [3.05, 3.63) is 85.1 Å². The minimum absolute atomic E-state index is 0.256. The second-order valence-corrected chi connectivity index (χ2v) is 23.2. The summed E-state index contributed by atoms with van der Waals surface area (Å²) in [6.07, 6.45) is 56.3. The van der Waals surface area contributed by atoms with Crippen molar-refractivity contribution in [2.24, 2.45) is 0 Å². The van der Waals surface area contributed by atoms with Crippen molar-refractivity contribution in [1.82, 2.24) is 5.32 Å². The van der Waals surface area contributed by atoms with Gasteiger partial charge in [0.15, 0.2) is 12.6 Å². The fourth-order valence-electron chi connectivity index (χ4n) is 10.5. The Morgan fingerprint density at radius 2 is 0.843 bits per heavy atom. The van der Waals surface area contributed by atoms with Crippen LogP contribution in [-0.2, 0) is 23.7 Å². The lowest BCUT2D eigenvalue weighted by Crippen LogP contribution is -2.65. The minimum atomic E-state index is -1.80. The smallest absolute Gasteiger partial charge is 0.220 e. The van der Waals surface area contributed by atoms with E-state index in [-0.39, 0.29) is 18.9 Å². The quantitative estimate of drug-likeness (QED) is 0.0204. The predicted molar refractivity (Wildman–Crippen MR) is 336 cm³/mol. The summed E-state index contributed by atoms with van der Waals surface area (Å²) < 4.78 is 22.8. The van der Waals surface area contributed by atoms with Crippen molar-refractivity contribution in [3.63, 3.8) is 0 Å². The number of hydrogen-bond acceptors (Lipinski definition) is 13. The van der Waals surface area contributed by atoms with E-state index in [0.717, 1.165) is 83.5 Å². The van der Waals surface area contributed by atoms with Crippen LogP contribution in [0.5, 0.6) is 0 Å². The van der Waals surface area contributed by atoms with E-state index in [1.165, 1.54) is 135 Å². The molecule has 0 radical (unpaired) electrons. The van der Waals surface area contributed by atoms with Gasteiger partial charge in [0.05, 0.1) is 32.0 Å². The van der Waals surface area contributed by atoms with Crippen LogP contribution in [0.2, 0.25) is 0 Å². The van der Waals surface area contributed by atoms with Crippen LogP contribution in [0.3, 0.4) is 0 Å². The molecule has 0 saturated carbocycles. The minimum Gasteiger partial charge on any atom is -0.394 e. The third kappa shape index (κ3) is 38.1. The highest BCUT2D eigenvalue weighted by Crippen LogP contribution is 2.30. The summed E-state index contributed by atoms with van der Waals surface area (Å²) >= 11 is 0. The molecule has 14 heteroatoms. The lowest BCUT2D eigenvalue weighted by atomic mass is 9.97. The number of aliphatic hydroxyl groups excluding tert-OH is 8. The van der Waals surface area contributed by atoms with Crippen LogP contribution in [0.15, 0.2) is 85.1 Å². The van der Waals surface area contributed by atoms with Crippen LogP contribution in [0.4, 0.5) is 0 Å². The monoisotopic (exact) mass is 1170 g/mol. The molecule has 0 spiro atoms. The maximum Gasteiger partial charge on any atom is 0.220 e. The van der Waals surface area contributed by atoms with Crippen LogP contribution in [0, 0.1) is 0 Å². The molecule has 0 bridgehead atoms. The number of carbonyl (C=O) groups excluding carboxylic acids is 1. The fourth-order valence-corrected chi connectivity index (χ4v) is 10.5. The molecule has 0 aliphatic carbocycles. The average Bonchev–Trinajstić information content (AvgIpc) is 3.59. The molecule has 0 aromatic carbocycles. The predicted octanol–water partition coefficient (Wildman–Crippen LogP) is 12.8. The molecule has 480 valence electrons. The zero-order valence-electron chi connectivity index (χ0n) is 51.9. The Labute approximate surface area is 503 Å². The molecule has 12 atom stereocenters. The number of rotatable bonds is 53. The summed E-state index contributed by atoms with van der Waals surface area (Å²) in [6, 6.07) is -0.949. The second kappa shape index (κ2) is 53.4. The first-order valence-corrected chi connectivity index (χ1v) is 33.3.